The maximum atomic E-state index is 10.4. The van der Waals surface area contributed by atoms with Gasteiger partial charge in [-0.25, -0.2) is 0 Å². The Hall–Kier alpha value is -1.54. The monoisotopic (exact) mass is 258 g/mol. The molecule has 0 spiro atoms. The van der Waals surface area contributed by atoms with Crippen LogP contribution in [0.2, 0.25) is 0 Å². The van der Waals surface area contributed by atoms with Gasteiger partial charge in [0, 0.05) is 12.0 Å². The zero-order chi connectivity index (χ0) is 14.0. The van der Waals surface area contributed by atoms with Crippen LogP contribution in [0.5, 0.6) is 0 Å². The van der Waals surface area contributed by atoms with Crippen molar-refractivity contribution in [3.05, 3.63) is 58.0 Å². The van der Waals surface area contributed by atoms with Gasteiger partial charge in [0.25, 0.3) is 0 Å². The molecule has 1 atom stereocenters. The van der Waals surface area contributed by atoms with E-state index in [4.69, 9.17) is 4.42 Å². The van der Waals surface area contributed by atoms with E-state index in [-0.39, 0.29) is 0 Å². The second-order valence-corrected chi connectivity index (χ2v) is 5.14. The lowest BCUT2D eigenvalue weighted by Crippen LogP contribution is -2.04. The van der Waals surface area contributed by atoms with Crippen molar-refractivity contribution < 1.29 is 9.52 Å². The Labute approximate surface area is 115 Å². The Balaban J connectivity index is 2.18. The molecule has 0 aliphatic rings. The first-order chi connectivity index (χ1) is 9.02. The number of aliphatic hydroxyl groups is 1. The molecule has 2 rings (SSSR count). The maximum absolute atomic E-state index is 10.4. The molecule has 1 heterocycles. The first kappa shape index (κ1) is 13.9. The summed E-state index contributed by atoms with van der Waals surface area (Å²) in [6, 6.07) is 8.45. The quantitative estimate of drug-likeness (QED) is 0.897. The van der Waals surface area contributed by atoms with E-state index in [1.807, 2.05) is 20.8 Å². The minimum absolute atomic E-state index is 0.495. The van der Waals surface area contributed by atoms with Gasteiger partial charge in [0.05, 0.1) is 6.10 Å². The highest BCUT2D eigenvalue weighted by atomic mass is 16.3. The minimum atomic E-state index is -0.495. The van der Waals surface area contributed by atoms with Gasteiger partial charge < -0.3 is 9.52 Å². The van der Waals surface area contributed by atoms with Gasteiger partial charge >= 0.3 is 0 Å². The van der Waals surface area contributed by atoms with E-state index in [2.05, 4.69) is 31.2 Å². The average molecular weight is 258 g/mol. The maximum Gasteiger partial charge on any atom is 0.107 e. The van der Waals surface area contributed by atoms with Crippen molar-refractivity contribution in [2.45, 2.75) is 46.6 Å². The standard InChI is InChI=1S/C17H22O2/c1-5-14-6-8-15(9-7-14)10-16(18)17-11(2)12(3)19-13(17)4/h6-9,16,18H,5,10H2,1-4H3. The lowest BCUT2D eigenvalue weighted by Gasteiger charge is -2.11. The fraction of sp³-hybridized carbons (Fsp3) is 0.412. The first-order valence-electron chi connectivity index (χ1n) is 6.85. The van der Waals surface area contributed by atoms with Crippen molar-refractivity contribution in [3.8, 4) is 0 Å². The molecule has 1 aromatic heterocycles. The van der Waals surface area contributed by atoms with Crippen molar-refractivity contribution in [2.75, 3.05) is 0 Å². The molecule has 0 radical (unpaired) electrons. The summed E-state index contributed by atoms with van der Waals surface area (Å²) in [6.45, 7) is 8.00. The normalized spacial score (nSPS) is 12.7. The third-order valence-electron chi connectivity index (χ3n) is 3.81. The van der Waals surface area contributed by atoms with Gasteiger partial charge in [0.1, 0.15) is 11.5 Å². The van der Waals surface area contributed by atoms with Gasteiger partial charge in [-0.15, -0.1) is 0 Å². The van der Waals surface area contributed by atoms with E-state index in [1.165, 1.54) is 5.56 Å². The number of furan rings is 1. The van der Waals surface area contributed by atoms with Crippen LogP contribution in [0.1, 0.15) is 46.8 Å². The number of aliphatic hydroxyl groups excluding tert-OH is 1. The zero-order valence-corrected chi connectivity index (χ0v) is 12.2. The number of aryl methyl sites for hydroxylation is 3. The van der Waals surface area contributed by atoms with Crippen LogP contribution in [0.4, 0.5) is 0 Å². The van der Waals surface area contributed by atoms with E-state index < -0.39 is 6.10 Å². The molecule has 0 aliphatic carbocycles. The molecule has 1 aromatic carbocycles. The van der Waals surface area contributed by atoms with Gasteiger partial charge in [0.2, 0.25) is 0 Å². The molecule has 102 valence electrons. The van der Waals surface area contributed by atoms with E-state index in [0.717, 1.165) is 34.6 Å². The van der Waals surface area contributed by atoms with Gasteiger partial charge in [0.15, 0.2) is 0 Å². The van der Waals surface area contributed by atoms with Crippen LogP contribution in [-0.4, -0.2) is 5.11 Å². The van der Waals surface area contributed by atoms with Crippen LogP contribution in [-0.2, 0) is 12.8 Å². The van der Waals surface area contributed by atoms with Gasteiger partial charge in [-0.1, -0.05) is 31.2 Å². The molecular weight excluding hydrogens is 236 g/mol. The smallest absolute Gasteiger partial charge is 0.107 e. The van der Waals surface area contributed by atoms with Gasteiger partial charge in [-0.05, 0) is 43.9 Å². The molecule has 1 N–H and O–H groups in total. The molecule has 2 aromatic rings. The highest BCUT2D eigenvalue weighted by Crippen LogP contribution is 2.29. The summed E-state index contributed by atoms with van der Waals surface area (Å²) in [5, 5.41) is 10.4. The summed E-state index contributed by atoms with van der Waals surface area (Å²) < 4.78 is 5.58. The van der Waals surface area contributed by atoms with E-state index in [0.29, 0.717) is 6.42 Å². The summed E-state index contributed by atoms with van der Waals surface area (Å²) in [6.07, 6.45) is 1.18. The fourth-order valence-corrected chi connectivity index (χ4v) is 2.54. The molecule has 2 nitrogen and oxygen atoms in total. The summed E-state index contributed by atoms with van der Waals surface area (Å²) in [7, 11) is 0. The van der Waals surface area contributed by atoms with Gasteiger partial charge in [-0.3, -0.25) is 0 Å². The van der Waals surface area contributed by atoms with Crippen LogP contribution in [0.3, 0.4) is 0 Å². The van der Waals surface area contributed by atoms with Crippen LogP contribution in [0.25, 0.3) is 0 Å². The second-order valence-electron chi connectivity index (χ2n) is 5.14. The van der Waals surface area contributed by atoms with Crippen molar-refractivity contribution >= 4 is 0 Å². The van der Waals surface area contributed by atoms with E-state index in [9.17, 15) is 5.11 Å². The molecule has 0 aliphatic heterocycles. The largest absolute Gasteiger partial charge is 0.466 e. The Morgan fingerprint density at radius 1 is 1.00 bits per heavy atom. The summed E-state index contributed by atoms with van der Waals surface area (Å²) in [4.78, 5) is 0. The summed E-state index contributed by atoms with van der Waals surface area (Å²) in [5.74, 6) is 1.72. The fourth-order valence-electron chi connectivity index (χ4n) is 2.54. The molecule has 0 saturated carbocycles. The number of hydrogen-bond acceptors (Lipinski definition) is 2. The summed E-state index contributed by atoms with van der Waals surface area (Å²) in [5.41, 5.74) is 4.49. The number of benzene rings is 1. The van der Waals surface area contributed by atoms with Crippen molar-refractivity contribution in [1.29, 1.82) is 0 Å². The van der Waals surface area contributed by atoms with Crippen LogP contribution in [0, 0.1) is 20.8 Å². The lowest BCUT2D eigenvalue weighted by atomic mass is 9.97. The molecule has 0 fully saturated rings. The third-order valence-corrected chi connectivity index (χ3v) is 3.81. The van der Waals surface area contributed by atoms with Crippen molar-refractivity contribution in [3.63, 3.8) is 0 Å². The van der Waals surface area contributed by atoms with Crippen molar-refractivity contribution in [1.82, 2.24) is 0 Å². The van der Waals surface area contributed by atoms with Crippen LogP contribution >= 0.6 is 0 Å². The summed E-state index contributed by atoms with van der Waals surface area (Å²) >= 11 is 0. The van der Waals surface area contributed by atoms with E-state index >= 15 is 0 Å². The van der Waals surface area contributed by atoms with E-state index in [1.54, 1.807) is 0 Å². The topological polar surface area (TPSA) is 33.4 Å². The molecule has 1 unspecified atom stereocenters. The van der Waals surface area contributed by atoms with Crippen molar-refractivity contribution in [2.24, 2.45) is 0 Å². The highest BCUT2D eigenvalue weighted by Gasteiger charge is 2.19. The molecule has 0 bridgehead atoms. The molecule has 19 heavy (non-hydrogen) atoms. The van der Waals surface area contributed by atoms with Gasteiger partial charge in [-0.2, -0.15) is 0 Å². The Morgan fingerprint density at radius 3 is 2.05 bits per heavy atom. The second kappa shape index (κ2) is 5.62. The Morgan fingerprint density at radius 2 is 1.58 bits per heavy atom. The Bertz CT molecular complexity index is 549. The molecule has 2 heteroatoms. The predicted octanol–water partition coefficient (Wildman–Crippen LogP) is 4.04. The average Bonchev–Trinajstić information content (AvgIpc) is 2.64. The Kier molecular flexibility index (Phi) is 4.11. The molecule has 0 amide bonds. The highest BCUT2D eigenvalue weighted by molar-refractivity contribution is 5.34. The first-order valence-corrected chi connectivity index (χ1v) is 6.85. The molecular formula is C17H22O2. The number of rotatable bonds is 4. The zero-order valence-electron chi connectivity index (χ0n) is 12.2. The number of hydrogen-bond donors (Lipinski definition) is 1. The van der Waals surface area contributed by atoms with Crippen LogP contribution in [0.15, 0.2) is 28.7 Å². The predicted molar refractivity (Wildman–Crippen MR) is 77.4 cm³/mol. The lowest BCUT2D eigenvalue weighted by molar-refractivity contribution is 0.176. The minimum Gasteiger partial charge on any atom is -0.466 e. The molecule has 0 saturated heterocycles. The third kappa shape index (κ3) is 2.90. The van der Waals surface area contributed by atoms with Crippen LogP contribution < -0.4 is 0 Å². The SMILES string of the molecule is CCc1ccc(CC(O)c2c(C)oc(C)c2C)cc1.